The van der Waals surface area contributed by atoms with E-state index in [1.54, 1.807) is 42.5 Å². The summed E-state index contributed by atoms with van der Waals surface area (Å²) in [6.07, 6.45) is 1.42. The van der Waals surface area contributed by atoms with Crippen LogP contribution in [-0.2, 0) is 4.79 Å². The molecule has 0 fully saturated rings. The van der Waals surface area contributed by atoms with E-state index in [4.69, 9.17) is 9.15 Å². The molecule has 3 N–H and O–H groups in total. The highest BCUT2D eigenvalue weighted by atomic mass is 16.5. The Kier molecular flexibility index (Phi) is 7.42. The van der Waals surface area contributed by atoms with Gasteiger partial charge in [0, 0.05) is 24.3 Å². The molecule has 0 radical (unpaired) electrons. The van der Waals surface area contributed by atoms with Crippen LogP contribution in [0.15, 0.2) is 71.3 Å². The van der Waals surface area contributed by atoms with Gasteiger partial charge in [0.15, 0.2) is 12.4 Å². The number of carbonyl (C=O) groups is 3. The number of hydrogen-bond donors (Lipinski definition) is 3. The van der Waals surface area contributed by atoms with Crippen molar-refractivity contribution < 1.29 is 23.5 Å². The molecule has 0 saturated heterocycles. The average molecular weight is 421 g/mol. The van der Waals surface area contributed by atoms with E-state index in [0.29, 0.717) is 17.0 Å². The molecule has 8 nitrogen and oxygen atoms in total. The molecule has 3 rings (SSSR count). The summed E-state index contributed by atoms with van der Waals surface area (Å²) in [5, 5.41) is 8.07. The van der Waals surface area contributed by atoms with Gasteiger partial charge in [-0.1, -0.05) is 12.1 Å². The molecule has 1 heterocycles. The highest BCUT2D eigenvalue weighted by molar-refractivity contribution is 5.96. The fraction of sp³-hybridized carbons (Fsp3) is 0.174. The zero-order chi connectivity index (χ0) is 22.1. The van der Waals surface area contributed by atoms with Gasteiger partial charge in [0.25, 0.3) is 17.7 Å². The zero-order valence-corrected chi connectivity index (χ0v) is 17.0. The number of carbonyl (C=O) groups excluding carboxylic acids is 3. The Labute approximate surface area is 179 Å². The fourth-order valence-electron chi connectivity index (χ4n) is 2.71. The molecule has 3 aromatic rings. The Morgan fingerprint density at radius 3 is 2.32 bits per heavy atom. The third-order valence-corrected chi connectivity index (χ3v) is 4.23. The summed E-state index contributed by atoms with van der Waals surface area (Å²) in [5.41, 5.74) is 2.04. The quantitative estimate of drug-likeness (QED) is 0.460. The molecule has 0 atom stereocenters. The Morgan fingerprint density at radius 1 is 0.903 bits per heavy atom. The maximum absolute atomic E-state index is 12.2. The summed E-state index contributed by atoms with van der Waals surface area (Å²) in [5.74, 6) is -0.0830. The van der Waals surface area contributed by atoms with Gasteiger partial charge < -0.3 is 25.1 Å². The first-order valence-corrected chi connectivity index (χ1v) is 9.70. The standard InChI is InChI=1S/C23H23N3O5/c1-16-4-2-5-19(14-16)31-15-21(27)26-18-9-7-17(8-10-18)22(28)24-11-12-25-23(29)20-6-3-13-30-20/h2-10,13-14H,11-12,15H2,1H3,(H,24,28)(H,25,29)(H,26,27). The second-order valence-electron chi connectivity index (χ2n) is 6.72. The predicted octanol–water partition coefficient (Wildman–Crippen LogP) is 2.77. The number of aryl methyl sites for hydroxylation is 1. The van der Waals surface area contributed by atoms with Gasteiger partial charge >= 0.3 is 0 Å². The molecular weight excluding hydrogens is 398 g/mol. The Morgan fingerprint density at radius 2 is 1.65 bits per heavy atom. The summed E-state index contributed by atoms with van der Waals surface area (Å²) in [7, 11) is 0. The van der Waals surface area contributed by atoms with Crippen LogP contribution < -0.4 is 20.7 Å². The van der Waals surface area contributed by atoms with Crippen molar-refractivity contribution in [2.45, 2.75) is 6.92 Å². The second-order valence-corrected chi connectivity index (χ2v) is 6.72. The van der Waals surface area contributed by atoms with Gasteiger partial charge in [0.05, 0.1) is 6.26 Å². The Bertz CT molecular complexity index is 1030. The molecule has 0 aliphatic heterocycles. The number of anilines is 1. The molecule has 160 valence electrons. The molecule has 8 heteroatoms. The predicted molar refractivity (Wildman–Crippen MR) is 115 cm³/mol. The van der Waals surface area contributed by atoms with Crippen molar-refractivity contribution in [2.24, 2.45) is 0 Å². The minimum absolute atomic E-state index is 0.116. The fourth-order valence-corrected chi connectivity index (χ4v) is 2.71. The van der Waals surface area contributed by atoms with Crippen LogP contribution in [0.4, 0.5) is 5.69 Å². The van der Waals surface area contributed by atoms with Crippen molar-refractivity contribution in [3.8, 4) is 5.75 Å². The molecule has 0 saturated carbocycles. The van der Waals surface area contributed by atoms with Gasteiger partial charge in [-0.25, -0.2) is 0 Å². The molecule has 3 amide bonds. The smallest absolute Gasteiger partial charge is 0.287 e. The van der Waals surface area contributed by atoms with Gasteiger partial charge in [-0.15, -0.1) is 0 Å². The van der Waals surface area contributed by atoms with Crippen LogP contribution in [0.3, 0.4) is 0 Å². The number of amides is 3. The van der Waals surface area contributed by atoms with E-state index >= 15 is 0 Å². The SMILES string of the molecule is Cc1cccc(OCC(=O)Nc2ccc(C(=O)NCCNC(=O)c3ccco3)cc2)c1. The molecule has 0 aliphatic rings. The van der Waals surface area contributed by atoms with Crippen molar-refractivity contribution in [3.63, 3.8) is 0 Å². The molecule has 2 aromatic carbocycles. The number of benzene rings is 2. The lowest BCUT2D eigenvalue weighted by Gasteiger charge is -2.09. The second kappa shape index (κ2) is 10.6. The third kappa shape index (κ3) is 6.74. The van der Waals surface area contributed by atoms with E-state index in [0.717, 1.165) is 5.56 Å². The van der Waals surface area contributed by atoms with Crippen molar-refractivity contribution in [2.75, 3.05) is 25.0 Å². The van der Waals surface area contributed by atoms with Crippen molar-refractivity contribution in [1.29, 1.82) is 0 Å². The van der Waals surface area contributed by atoms with Crippen LogP contribution in [0.2, 0.25) is 0 Å². The molecule has 31 heavy (non-hydrogen) atoms. The summed E-state index contributed by atoms with van der Waals surface area (Å²) < 4.78 is 10.5. The van der Waals surface area contributed by atoms with Gasteiger partial charge in [0.2, 0.25) is 0 Å². The van der Waals surface area contributed by atoms with Crippen molar-refractivity contribution in [3.05, 3.63) is 83.8 Å². The van der Waals surface area contributed by atoms with E-state index in [1.165, 1.54) is 6.26 Å². The lowest BCUT2D eigenvalue weighted by atomic mass is 10.2. The number of hydrogen-bond acceptors (Lipinski definition) is 5. The largest absolute Gasteiger partial charge is 0.484 e. The molecule has 0 spiro atoms. The highest BCUT2D eigenvalue weighted by Gasteiger charge is 2.09. The minimum atomic E-state index is -0.342. The van der Waals surface area contributed by atoms with E-state index in [-0.39, 0.29) is 43.2 Å². The molecule has 0 bridgehead atoms. The molecule has 0 unspecified atom stereocenters. The Hall–Kier alpha value is -4.07. The average Bonchev–Trinajstić information content (AvgIpc) is 3.31. The van der Waals surface area contributed by atoms with E-state index in [2.05, 4.69) is 16.0 Å². The van der Waals surface area contributed by atoms with Gasteiger partial charge in [-0.3, -0.25) is 14.4 Å². The summed E-state index contributed by atoms with van der Waals surface area (Å²) >= 11 is 0. The third-order valence-electron chi connectivity index (χ3n) is 4.23. The molecule has 1 aromatic heterocycles. The lowest BCUT2D eigenvalue weighted by Crippen LogP contribution is -2.34. The van der Waals surface area contributed by atoms with Crippen LogP contribution in [0.1, 0.15) is 26.5 Å². The summed E-state index contributed by atoms with van der Waals surface area (Å²) in [4.78, 5) is 36.0. The molecule has 0 aliphatic carbocycles. The van der Waals surface area contributed by atoms with Crippen LogP contribution in [0, 0.1) is 6.92 Å². The summed E-state index contributed by atoms with van der Waals surface area (Å²) in [6.45, 7) is 2.36. The van der Waals surface area contributed by atoms with Gasteiger partial charge in [0.1, 0.15) is 5.75 Å². The number of ether oxygens (including phenoxy) is 1. The van der Waals surface area contributed by atoms with Crippen LogP contribution in [0.5, 0.6) is 5.75 Å². The van der Waals surface area contributed by atoms with Gasteiger partial charge in [-0.2, -0.15) is 0 Å². The normalized spacial score (nSPS) is 10.2. The maximum atomic E-state index is 12.2. The number of nitrogens with one attached hydrogen (secondary N) is 3. The minimum Gasteiger partial charge on any atom is -0.484 e. The maximum Gasteiger partial charge on any atom is 0.287 e. The number of furan rings is 1. The van der Waals surface area contributed by atoms with Gasteiger partial charge in [-0.05, 0) is 61.0 Å². The highest BCUT2D eigenvalue weighted by Crippen LogP contribution is 2.13. The van der Waals surface area contributed by atoms with Crippen LogP contribution in [-0.4, -0.2) is 37.4 Å². The van der Waals surface area contributed by atoms with Crippen LogP contribution in [0.25, 0.3) is 0 Å². The van der Waals surface area contributed by atoms with E-state index in [9.17, 15) is 14.4 Å². The first-order valence-electron chi connectivity index (χ1n) is 9.70. The van der Waals surface area contributed by atoms with Crippen molar-refractivity contribution >= 4 is 23.4 Å². The topological polar surface area (TPSA) is 110 Å². The monoisotopic (exact) mass is 421 g/mol. The van der Waals surface area contributed by atoms with Crippen LogP contribution >= 0.6 is 0 Å². The van der Waals surface area contributed by atoms with E-state index in [1.807, 2.05) is 25.1 Å². The van der Waals surface area contributed by atoms with Crippen molar-refractivity contribution in [1.82, 2.24) is 10.6 Å². The number of rotatable bonds is 9. The first kappa shape index (κ1) is 21.6. The lowest BCUT2D eigenvalue weighted by molar-refractivity contribution is -0.118. The summed E-state index contributed by atoms with van der Waals surface area (Å²) in [6, 6.07) is 17.1. The zero-order valence-electron chi connectivity index (χ0n) is 17.0. The Balaban J connectivity index is 1.39. The molecular formula is C23H23N3O5. The van der Waals surface area contributed by atoms with E-state index < -0.39 is 0 Å². The first-order chi connectivity index (χ1) is 15.0.